The lowest BCUT2D eigenvalue weighted by Gasteiger charge is -2.05. The molecule has 0 aliphatic heterocycles. The summed E-state index contributed by atoms with van der Waals surface area (Å²) in [5.74, 6) is 0.156. The zero-order valence-corrected chi connectivity index (χ0v) is 17.4. The monoisotopic (exact) mass is 423 g/mol. The summed E-state index contributed by atoms with van der Waals surface area (Å²) >= 11 is 2.57. The van der Waals surface area contributed by atoms with Crippen molar-refractivity contribution in [3.05, 3.63) is 81.2 Å². The van der Waals surface area contributed by atoms with Crippen LogP contribution in [-0.4, -0.2) is 15.3 Å². The van der Waals surface area contributed by atoms with Crippen molar-refractivity contribution in [1.82, 2.24) is 9.36 Å². The summed E-state index contributed by atoms with van der Waals surface area (Å²) in [6.45, 7) is 3.76. The molecule has 0 aliphatic rings. The molecular weight excluding hydrogens is 406 g/mol. The quantitative estimate of drug-likeness (QED) is 0.464. The molecule has 0 bridgehead atoms. The highest BCUT2D eigenvalue weighted by molar-refractivity contribution is 7.98. The van der Waals surface area contributed by atoms with E-state index in [1.54, 1.807) is 6.07 Å². The Morgan fingerprint density at radius 3 is 2.76 bits per heavy atom. The number of carbonyl (C=O) groups excluding carboxylic acids is 1. The molecule has 4 rings (SSSR count). The van der Waals surface area contributed by atoms with Crippen LogP contribution in [0.15, 0.2) is 62.9 Å². The maximum atomic E-state index is 12.6. The lowest BCUT2D eigenvalue weighted by molar-refractivity contribution is 0.0997. The van der Waals surface area contributed by atoms with E-state index in [0.29, 0.717) is 21.3 Å². The number of aryl methyl sites for hydroxylation is 2. The average molecular weight is 424 g/mol. The summed E-state index contributed by atoms with van der Waals surface area (Å²) < 4.78 is 9.94. The van der Waals surface area contributed by atoms with Gasteiger partial charge in [0.15, 0.2) is 11.2 Å². The summed E-state index contributed by atoms with van der Waals surface area (Å²) in [5.41, 5.74) is 3.10. The van der Waals surface area contributed by atoms with Gasteiger partial charge in [0.1, 0.15) is 5.58 Å². The standard InChI is InChI=1S/C21H17N3O3S2/c1-12-8-13(2)18-15(25)10-17(27-16(18)9-12)19(26)22-20-23-21(24-29-20)28-11-14-6-4-3-5-7-14/h3-10H,11H2,1-2H3,(H,22,23,24,26). The molecule has 6 nitrogen and oxygen atoms in total. The van der Waals surface area contributed by atoms with E-state index in [9.17, 15) is 9.59 Å². The molecule has 0 fully saturated rings. The molecular formula is C21H17N3O3S2. The minimum absolute atomic E-state index is 0.0545. The van der Waals surface area contributed by atoms with E-state index in [0.717, 1.165) is 28.4 Å². The van der Waals surface area contributed by atoms with Gasteiger partial charge in [-0.15, -0.1) is 0 Å². The topological polar surface area (TPSA) is 85.1 Å². The van der Waals surface area contributed by atoms with Crippen molar-refractivity contribution in [2.75, 3.05) is 5.32 Å². The fourth-order valence-corrected chi connectivity index (χ4v) is 4.47. The average Bonchev–Trinajstić information content (AvgIpc) is 3.13. The molecule has 0 saturated carbocycles. The van der Waals surface area contributed by atoms with Gasteiger partial charge in [0, 0.05) is 23.4 Å². The third-order valence-corrected chi connectivity index (χ3v) is 5.90. The normalized spacial score (nSPS) is 11.0. The van der Waals surface area contributed by atoms with E-state index < -0.39 is 5.91 Å². The Morgan fingerprint density at radius 1 is 1.17 bits per heavy atom. The number of aromatic nitrogens is 2. The van der Waals surface area contributed by atoms with Gasteiger partial charge in [-0.05, 0) is 36.6 Å². The summed E-state index contributed by atoms with van der Waals surface area (Å²) in [6, 6.07) is 14.9. The number of rotatable bonds is 5. The van der Waals surface area contributed by atoms with Gasteiger partial charge in [-0.1, -0.05) is 48.2 Å². The highest BCUT2D eigenvalue weighted by Crippen LogP contribution is 2.24. The van der Waals surface area contributed by atoms with Crippen LogP contribution >= 0.6 is 23.3 Å². The summed E-state index contributed by atoms with van der Waals surface area (Å²) in [4.78, 5) is 29.3. The molecule has 4 aromatic rings. The molecule has 2 heterocycles. The van der Waals surface area contributed by atoms with Crippen molar-refractivity contribution < 1.29 is 9.21 Å². The van der Waals surface area contributed by atoms with Gasteiger partial charge < -0.3 is 4.42 Å². The van der Waals surface area contributed by atoms with Crippen LogP contribution in [0.5, 0.6) is 0 Å². The lowest BCUT2D eigenvalue weighted by atomic mass is 10.1. The Balaban J connectivity index is 1.50. The largest absolute Gasteiger partial charge is 0.451 e. The fourth-order valence-electron chi connectivity index (χ4n) is 2.98. The number of carbonyl (C=O) groups is 1. The maximum absolute atomic E-state index is 12.6. The molecule has 29 heavy (non-hydrogen) atoms. The second kappa shape index (κ2) is 8.18. The maximum Gasteiger partial charge on any atom is 0.293 e. The lowest BCUT2D eigenvalue weighted by Crippen LogP contribution is -2.15. The van der Waals surface area contributed by atoms with Crippen molar-refractivity contribution >= 4 is 45.3 Å². The van der Waals surface area contributed by atoms with Crippen LogP contribution in [-0.2, 0) is 5.75 Å². The van der Waals surface area contributed by atoms with Crippen molar-refractivity contribution in [3.8, 4) is 0 Å². The van der Waals surface area contributed by atoms with Crippen LogP contribution < -0.4 is 10.7 Å². The Bertz CT molecular complexity index is 1250. The summed E-state index contributed by atoms with van der Waals surface area (Å²) in [5, 5.41) is 4.09. The van der Waals surface area contributed by atoms with Gasteiger partial charge in [-0.3, -0.25) is 14.9 Å². The molecule has 0 radical (unpaired) electrons. The van der Waals surface area contributed by atoms with Crippen molar-refractivity contribution in [3.63, 3.8) is 0 Å². The molecule has 0 unspecified atom stereocenters. The van der Waals surface area contributed by atoms with E-state index in [1.165, 1.54) is 23.4 Å². The number of nitrogens with zero attached hydrogens (tertiary/aromatic N) is 2. The second-order valence-corrected chi connectivity index (χ2v) is 8.23. The van der Waals surface area contributed by atoms with Crippen molar-refractivity contribution in [1.29, 1.82) is 0 Å². The van der Waals surface area contributed by atoms with Crippen LogP contribution in [0, 0.1) is 13.8 Å². The van der Waals surface area contributed by atoms with Crippen molar-refractivity contribution in [2.45, 2.75) is 24.8 Å². The zero-order valence-electron chi connectivity index (χ0n) is 15.8. The highest BCUT2D eigenvalue weighted by Gasteiger charge is 2.16. The number of amides is 1. The third kappa shape index (κ3) is 4.38. The Labute approximate surface area is 175 Å². The van der Waals surface area contributed by atoms with E-state index in [2.05, 4.69) is 14.7 Å². The first-order valence-corrected chi connectivity index (χ1v) is 10.6. The molecule has 2 aromatic heterocycles. The third-order valence-electron chi connectivity index (χ3n) is 4.23. The number of fused-ring (bicyclic) bond motifs is 1. The first-order chi connectivity index (χ1) is 14.0. The SMILES string of the molecule is Cc1cc(C)c2c(=O)cc(C(=O)Nc3nc(SCc4ccccc4)ns3)oc2c1. The molecule has 2 aromatic carbocycles. The highest BCUT2D eigenvalue weighted by atomic mass is 32.2. The van der Waals surface area contributed by atoms with Gasteiger partial charge >= 0.3 is 0 Å². The van der Waals surface area contributed by atoms with Gasteiger partial charge in [-0.25, -0.2) is 0 Å². The Hall–Kier alpha value is -2.97. The Morgan fingerprint density at radius 2 is 1.97 bits per heavy atom. The molecule has 0 aliphatic carbocycles. The van der Waals surface area contributed by atoms with Crippen LogP contribution in [0.3, 0.4) is 0 Å². The minimum Gasteiger partial charge on any atom is -0.451 e. The minimum atomic E-state index is -0.529. The van der Waals surface area contributed by atoms with Gasteiger partial charge in [-0.2, -0.15) is 9.36 Å². The molecule has 8 heteroatoms. The number of thioether (sulfide) groups is 1. The zero-order chi connectivity index (χ0) is 20.4. The van der Waals surface area contributed by atoms with E-state index in [1.807, 2.05) is 50.2 Å². The van der Waals surface area contributed by atoms with Gasteiger partial charge in [0.2, 0.25) is 10.3 Å². The molecule has 0 saturated heterocycles. The number of hydrogen-bond acceptors (Lipinski definition) is 7. The van der Waals surface area contributed by atoms with E-state index in [-0.39, 0.29) is 11.2 Å². The van der Waals surface area contributed by atoms with E-state index >= 15 is 0 Å². The van der Waals surface area contributed by atoms with Crippen LogP contribution in [0.1, 0.15) is 27.2 Å². The predicted molar refractivity (Wildman–Crippen MR) is 116 cm³/mol. The van der Waals surface area contributed by atoms with Crippen LogP contribution in [0.25, 0.3) is 11.0 Å². The fraction of sp³-hybridized carbons (Fsp3) is 0.143. The summed E-state index contributed by atoms with van der Waals surface area (Å²) in [7, 11) is 0. The number of anilines is 1. The number of hydrogen-bond donors (Lipinski definition) is 1. The van der Waals surface area contributed by atoms with Crippen LogP contribution in [0.2, 0.25) is 0 Å². The van der Waals surface area contributed by atoms with Gasteiger partial charge in [0.25, 0.3) is 5.91 Å². The smallest absolute Gasteiger partial charge is 0.293 e. The molecule has 0 spiro atoms. The molecule has 1 N–H and O–H groups in total. The molecule has 0 atom stereocenters. The van der Waals surface area contributed by atoms with Gasteiger partial charge in [0.05, 0.1) is 5.39 Å². The molecule has 146 valence electrons. The number of nitrogens with one attached hydrogen (secondary N) is 1. The van der Waals surface area contributed by atoms with Crippen molar-refractivity contribution in [2.24, 2.45) is 0 Å². The van der Waals surface area contributed by atoms with E-state index in [4.69, 9.17) is 4.42 Å². The molecule has 1 amide bonds. The predicted octanol–water partition coefficient (Wildman–Crippen LogP) is 4.81. The number of benzene rings is 2. The first-order valence-electron chi connectivity index (χ1n) is 8.86. The second-order valence-electron chi connectivity index (χ2n) is 6.54. The summed E-state index contributed by atoms with van der Waals surface area (Å²) in [6.07, 6.45) is 0. The Kier molecular flexibility index (Phi) is 5.46. The van der Waals surface area contributed by atoms with Crippen LogP contribution in [0.4, 0.5) is 5.13 Å². The first kappa shape index (κ1) is 19.4.